The highest BCUT2D eigenvalue weighted by Crippen LogP contribution is 2.09. The summed E-state index contributed by atoms with van der Waals surface area (Å²) in [6.07, 6.45) is 3.48. The lowest BCUT2D eigenvalue weighted by molar-refractivity contribution is 0.373. The highest BCUT2D eigenvalue weighted by Gasteiger charge is 2.07. The Morgan fingerprint density at radius 3 is 2.23 bits per heavy atom. The summed E-state index contributed by atoms with van der Waals surface area (Å²) in [5.74, 6) is 1.52. The van der Waals surface area contributed by atoms with Crippen LogP contribution in [0.25, 0.3) is 0 Å². The minimum absolute atomic E-state index is 0.726. The molecule has 1 heterocycles. The van der Waals surface area contributed by atoms with E-state index < -0.39 is 0 Å². The van der Waals surface area contributed by atoms with Crippen molar-refractivity contribution >= 4 is 0 Å². The van der Waals surface area contributed by atoms with Crippen LogP contribution in [-0.2, 0) is 25.7 Å². The van der Waals surface area contributed by atoms with Crippen molar-refractivity contribution in [1.82, 2.24) is 10.1 Å². The Labute approximate surface area is 131 Å². The maximum absolute atomic E-state index is 5.34. The molecule has 0 spiro atoms. The van der Waals surface area contributed by atoms with Crippen LogP contribution in [0.1, 0.15) is 28.4 Å². The topological polar surface area (TPSA) is 38.9 Å². The van der Waals surface area contributed by atoms with E-state index in [1.165, 1.54) is 16.7 Å². The van der Waals surface area contributed by atoms with E-state index in [9.17, 15) is 0 Å². The van der Waals surface area contributed by atoms with Crippen LogP contribution in [0.4, 0.5) is 0 Å². The van der Waals surface area contributed by atoms with Crippen molar-refractivity contribution in [2.75, 3.05) is 0 Å². The van der Waals surface area contributed by atoms with Gasteiger partial charge in [-0.15, -0.1) is 0 Å². The summed E-state index contributed by atoms with van der Waals surface area (Å²) in [6.45, 7) is 2.10. The molecular weight excluding hydrogens is 272 g/mol. The lowest BCUT2D eigenvalue weighted by atomic mass is 10.1. The van der Waals surface area contributed by atoms with Gasteiger partial charge in [-0.1, -0.05) is 65.3 Å². The van der Waals surface area contributed by atoms with Crippen molar-refractivity contribution in [2.24, 2.45) is 0 Å². The second kappa shape index (κ2) is 7.03. The predicted molar refractivity (Wildman–Crippen MR) is 86.7 cm³/mol. The molecule has 0 atom stereocenters. The maximum Gasteiger partial charge on any atom is 0.226 e. The van der Waals surface area contributed by atoms with Crippen LogP contribution in [0.2, 0.25) is 0 Å². The second-order valence-electron chi connectivity index (χ2n) is 5.58. The van der Waals surface area contributed by atoms with Crippen LogP contribution in [0.3, 0.4) is 0 Å². The molecule has 3 nitrogen and oxygen atoms in total. The highest BCUT2D eigenvalue weighted by molar-refractivity contribution is 5.21. The van der Waals surface area contributed by atoms with Gasteiger partial charge < -0.3 is 4.52 Å². The first-order chi connectivity index (χ1) is 10.8. The van der Waals surface area contributed by atoms with Crippen molar-refractivity contribution in [3.05, 3.63) is 83.0 Å². The minimum Gasteiger partial charge on any atom is -0.339 e. The fraction of sp³-hybridized carbons (Fsp3) is 0.263. The summed E-state index contributed by atoms with van der Waals surface area (Å²) in [5.41, 5.74) is 3.88. The number of hydrogen-bond acceptors (Lipinski definition) is 3. The van der Waals surface area contributed by atoms with E-state index in [0.29, 0.717) is 0 Å². The zero-order valence-corrected chi connectivity index (χ0v) is 12.8. The average Bonchev–Trinajstić information content (AvgIpc) is 3.01. The van der Waals surface area contributed by atoms with Crippen molar-refractivity contribution in [3.8, 4) is 0 Å². The molecule has 3 heteroatoms. The van der Waals surface area contributed by atoms with E-state index >= 15 is 0 Å². The molecule has 0 N–H and O–H groups in total. The maximum atomic E-state index is 5.34. The van der Waals surface area contributed by atoms with E-state index in [0.717, 1.165) is 37.4 Å². The fourth-order valence-corrected chi connectivity index (χ4v) is 2.40. The van der Waals surface area contributed by atoms with Gasteiger partial charge in [0.2, 0.25) is 5.89 Å². The molecule has 0 saturated carbocycles. The summed E-state index contributed by atoms with van der Waals surface area (Å²) < 4.78 is 5.34. The van der Waals surface area contributed by atoms with Crippen LogP contribution < -0.4 is 0 Å². The van der Waals surface area contributed by atoms with E-state index in [1.54, 1.807) is 0 Å². The minimum atomic E-state index is 0.726. The Kier molecular flexibility index (Phi) is 4.64. The predicted octanol–water partition coefficient (Wildman–Crippen LogP) is 3.95. The molecule has 22 heavy (non-hydrogen) atoms. The summed E-state index contributed by atoms with van der Waals surface area (Å²) in [5, 5.41) is 4.07. The van der Waals surface area contributed by atoms with Gasteiger partial charge in [-0.2, -0.15) is 4.98 Å². The smallest absolute Gasteiger partial charge is 0.226 e. The molecule has 0 aliphatic carbocycles. The van der Waals surface area contributed by atoms with Gasteiger partial charge in [-0.25, -0.2) is 0 Å². The molecule has 0 radical (unpaired) electrons. The van der Waals surface area contributed by atoms with Crippen molar-refractivity contribution in [3.63, 3.8) is 0 Å². The molecule has 0 amide bonds. The zero-order chi connectivity index (χ0) is 15.2. The fourth-order valence-electron chi connectivity index (χ4n) is 2.40. The van der Waals surface area contributed by atoms with Crippen molar-refractivity contribution < 1.29 is 4.52 Å². The van der Waals surface area contributed by atoms with Gasteiger partial charge in [-0.3, -0.25) is 0 Å². The average molecular weight is 292 g/mol. The first kappa shape index (κ1) is 14.5. The van der Waals surface area contributed by atoms with Crippen LogP contribution in [0.15, 0.2) is 59.1 Å². The molecule has 0 aliphatic heterocycles. The molecule has 0 aliphatic rings. The Bertz CT molecular complexity index is 702. The third-order valence-electron chi connectivity index (χ3n) is 3.74. The first-order valence-corrected chi connectivity index (χ1v) is 7.70. The lowest BCUT2D eigenvalue weighted by Crippen LogP contribution is -1.95. The molecule has 3 rings (SSSR count). The lowest BCUT2D eigenvalue weighted by Gasteiger charge is -1.99. The largest absolute Gasteiger partial charge is 0.339 e. The van der Waals surface area contributed by atoms with Crippen LogP contribution in [-0.4, -0.2) is 10.1 Å². The molecule has 0 unspecified atom stereocenters. The third kappa shape index (κ3) is 4.04. The van der Waals surface area contributed by atoms with Crippen LogP contribution >= 0.6 is 0 Å². The quantitative estimate of drug-likeness (QED) is 0.690. The van der Waals surface area contributed by atoms with E-state index in [2.05, 4.69) is 65.6 Å². The molecule has 0 bridgehead atoms. The first-order valence-electron chi connectivity index (χ1n) is 7.70. The summed E-state index contributed by atoms with van der Waals surface area (Å²) in [6, 6.07) is 19.0. The van der Waals surface area contributed by atoms with Crippen LogP contribution in [0.5, 0.6) is 0 Å². The number of aryl methyl sites for hydroxylation is 5. The van der Waals surface area contributed by atoms with Gasteiger partial charge in [0, 0.05) is 12.8 Å². The monoisotopic (exact) mass is 292 g/mol. The number of aromatic nitrogens is 2. The van der Waals surface area contributed by atoms with Gasteiger partial charge >= 0.3 is 0 Å². The molecule has 112 valence electrons. The molecule has 2 aromatic carbocycles. The Balaban J connectivity index is 1.51. The molecular formula is C19H20N2O. The Morgan fingerprint density at radius 2 is 1.45 bits per heavy atom. The summed E-state index contributed by atoms with van der Waals surface area (Å²) in [4.78, 5) is 4.48. The van der Waals surface area contributed by atoms with Crippen molar-refractivity contribution in [1.29, 1.82) is 0 Å². The SMILES string of the molecule is Cc1ccc(CCc2nc(CCc3ccccc3)no2)cc1. The van der Waals surface area contributed by atoms with Gasteiger partial charge in [0.05, 0.1) is 0 Å². The standard InChI is InChI=1S/C19H20N2O/c1-15-7-9-17(10-8-15)12-14-19-20-18(21-22-19)13-11-16-5-3-2-4-6-16/h2-10H,11-14H2,1H3. The van der Waals surface area contributed by atoms with Gasteiger partial charge in [0.1, 0.15) is 0 Å². The molecule has 0 fully saturated rings. The van der Waals surface area contributed by atoms with Crippen LogP contribution in [0, 0.1) is 6.92 Å². The summed E-state index contributed by atoms with van der Waals surface area (Å²) in [7, 11) is 0. The number of hydrogen-bond donors (Lipinski definition) is 0. The normalized spacial score (nSPS) is 10.8. The van der Waals surface area contributed by atoms with E-state index in [4.69, 9.17) is 4.52 Å². The molecule has 3 aromatic rings. The summed E-state index contributed by atoms with van der Waals surface area (Å²) >= 11 is 0. The second-order valence-corrected chi connectivity index (χ2v) is 5.58. The van der Waals surface area contributed by atoms with Gasteiger partial charge in [0.15, 0.2) is 5.82 Å². The van der Waals surface area contributed by atoms with Gasteiger partial charge in [0.25, 0.3) is 0 Å². The van der Waals surface area contributed by atoms with Gasteiger partial charge in [-0.05, 0) is 30.9 Å². The Morgan fingerprint density at radius 1 is 0.773 bits per heavy atom. The number of nitrogens with zero attached hydrogens (tertiary/aromatic N) is 2. The molecule has 0 saturated heterocycles. The zero-order valence-electron chi connectivity index (χ0n) is 12.8. The van der Waals surface area contributed by atoms with E-state index in [-0.39, 0.29) is 0 Å². The number of benzene rings is 2. The Hall–Kier alpha value is -2.42. The van der Waals surface area contributed by atoms with Crippen molar-refractivity contribution in [2.45, 2.75) is 32.6 Å². The highest BCUT2D eigenvalue weighted by atomic mass is 16.5. The number of rotatable bonds is 6. The third-order valence-corrected chi connectivity index (χ3v) is 3.74. The van der Waals surface area contributed by atoms with E-state index in [1.807, 2.05) is 6.07 Å². The molecule has 1 aromatic heterocycles.